The zero-order chi connectivity index (χ0) is 23.2. The summed E-state index contributed by atoms with van der Waals surface area (Å²) in [5.74, 6) is 1.81. The van der Waals surface area contributed by atoms with Gasteiger partial charge in [-0.15, -0.1) is 0 Å². The van der Waals surface area contributed by atoms with E-state index in [2.05, 4.69) is 63.9 Å². The minimum absolute atomic E-state index is 0.0768. The topological polar surface area (TPSA) is 56.1 Å². The molecule has 0 atom stereocenters. The highest BCUT2D eigenvalue weighted by Gasteiger charge is 2.11. The average Bonchev–Trinajstić information content (AvgIpc) is 3.14. The number of aromatic nitrogens is 2. The number of aryl methyl sites for hydroxylation is 3. The predicted molar refractivity (Wildman–Crippen MR) is 136 cm³/mol. The van der Waals surface area contributed by atoms with Gasteiger partial charge in [0.1, 0.15) is 11.6 Å². The quantitative estimate of drug-likeness (QED) is 0.290. The summed E-state index contributed by atoms with van der Waals surface area (Å²) >= 11 is 3.40. The van der Waals surface area contributed by atoms with E-state index in [4.69, 9.17) is 9.72 Å². The van der Waals surface area contributed by atoms with E-state index in [1.54, 1.807) is 0 Å². The van der Waals surface area contributed by atoms with Gasteiger partial charge in [-0.1, -0.05) is 34.1 Å². The van der Waals surface area contributed by atoms with Gasteiger partial charge in [0.25, 0.3) is 5.91 Å². The Morgan fingerprint density at radius 1 is 1.03 bits per heavy atom. The van der Waals surface area contributed by atoms with Crippen molar-refractivity contribution in [2.45, 2.75) is 33.2 Å². The second-order valence-corrected chi connectivity index (χ2v) is 9.12. The summed E-state index contributed by atoms with van der Waals surface area (Å²) in [4.78, 5) is 17.2. The summed E-state index contributed by atoms with van der Waals surface area (Å²) in [6.07, 6.45) is 1.53. The number of para-hydroxylation sites is 2. The number of carbonyl (C=O) groups excluding carboxylic acids is 1. The molecule has 4 rings (SSSR count). The lowest BCUT2D eigenvalue weighted by atomic mass is 10.1. The second-order valence-electron chi connectivity index (χ2n) is 8.21. The number of imidazole rings is 1. The molecular weight excluding hydrogens is 478 g/mol. The lowest BCUT2D eigenvalue weighted by Crippen LogP contribution is -2.26. The van der Waals surface area contributed by atoms with E-state index in [0.717, 1.165) is 40.0 Å². The first-order valence-corrected chi connectivity index (χ1v) is 12.0. The van der Waals surface area contributed by atoms with Gasteiger partial charge in [0, 0.05) is 29.5 Å². The van der Waals surface area contributed by atoms with Crippen molar-refractivity contribution in [1.82, 2.24) is 14.9 Å². The van der Waals surface area contributed by atoms with Crippen LogP contribution in [0.1, 0.15) is 33.7 Å². The van der Waals surface area contributed by atoms with Crippen LogP contribution in [-0.4, -0.2) is 28.6 Å². The van der Waals surface area contributed by atoms with Crippen molar-refractivity contribution in [2.24, 2.45) is 0 Å². The van der Waals surface area contributed by atoms with E-state index >= 15 is 0 Å². The SMILES string of the molecule is Cc1cc(C)cc(OCCCn2c(CCNC(=O)c3ccc(Br)cc3)nc3ccccc32)c1. The van der Waals surface area contributed by atoms with E-state index in [1.165, 1.54) is 11.1 Å². The fourth-order valence-corrected chi connectivity index (χ4v) is 4.25. The molecule has 0 bridgehead atoms. The van der Waals surface area contributed by atoms with Gasteiger partial charge in [0.05, 0.1) is 17.6 Å². The number of carbonyl (C=O) groups is 1. The van der Waals surface area contributed by atoms with Gasteiger partial charge in [-0.25, -0.2) is 4.98 Å². The number of hydrogen-bond donors (Lipinski definition) is 1. The number of nitrogens with zero attached hydrogens (tertiary/aromatic N) is 2. The van der Waals surface area contributed by atoms with Crippen LogP contribution >= 0.6 is 15.9 Å². The Labute approximate surface area is 202 Å². The first-order chi connectivity index (χ1) is 16.0. The monoisotopic (exact) mass is 505 g/mol. The third-order valence-electron chi connectivity index (χ3n) is 5.46. The van der Waals surface area contributed by atoms with Crippen LogP contribution in [0, 0.1) is 13.8 Å². The molecular formula is C27H28BrN3O2. The lowest BCUT2D eigenvalue weighted by molar-refractivity contribution is 0.0954. The highest BCUT2D eigenvalue weighted by atomic mass is 79.9. The molecule has 170 valence electrons. The van der Waals surface area contributed by atoms with Gasteiger partial charge in [0.2, 0.25) is 0 Å². The van der Waals surface area contributed by atoms with E-state index in [0.29, 0.717) is 25.1 Å². The van der Waals surface area contributed by atoms with Crippen molar-refractivity contribution in [3.63, 3.8) is 0 Å². The highest BCUT2D eigenvalue weighted by Crippen LogP contribution is 2.19. The Kier molecular flexibility index (Phi) is 7.45. The fourth-order valence-electron chi connectivity index (χ4n) is 3.99. The van der Waals surface area contributed by atoms with Gasteiger partial charge in [-0.3, -0.25) is 4.79 Å². The van der Waals surface area contributed by atoms with Crippen LogP contribution in [0.2, 0.25) is 0 Å². The van der Waals surface area contributed by atoms with Crippen molar-refractivity contribution < 1.29 is 9.53 Å². The van der Waals surface area contributed by atoms with Crippen molar-refractivity contribution in [3.8, 4) is 5.75 Å². The Morgan fingerprint density at radius 3 is 2.52 bits per heavy atom. The third kappa shape index (κ3) is 6.02. The number of amides is 1. The zero-order valence-electron chi connectivity index (χ0n) is 19.0. The third-order valence-corrected chi connectivity index (χ3v) is 5.99. The molecule has 0 spiro atoms. The van der Waals surface area contributed by atoms with Crippen molar-refractivity contribution >= 4 is 32.9 Å². The molecule has 0 aliphatic heterocycles. The molecule has 1 N–H and O–H groups in total. The van der Waals surface area contributed by atoms with Crippen LogP contribution < -0.4 is 10.1 Å². The standard InChI is InChI=1S/C27H28BrN3O2/c1-19-16-20(2)18-23(17-19)33-15-5-14-31-25-7-4-3-6-24(25)30-26(31)12-13-29-27(32)21-8-10-22(28)11-9-21/h3-4,6-11,16-18H,5,12-15H2,1-2H3,(H,29,32). The maximum atomic E-state index is 12.4. The molecule has 1 heterocycles. The van der Waals surface area contributed by atoms with Crippen LogP contribution in [0.4, 0.5) is 0 Å². The van der Waals surface area contributed by atoms with Gasteiger partial charge >= 0.3 is 0 Å². The molecule has 33 heavy (non-hydrogen) atoms. The summed E-state index contributed by atoms with van der Waals surface area (Å²) in [5, 5.41) is 3.01. The van der Waals surface area contributed by atoms with Crippen LogP contribution in [0.25, 0.3) is 11.0 Å². The molecule has 0 aliphatic carbocycles. The summed E-state index contributed by atoms with van der Waals surface area (Å²) in [5.41, 5.74) is 5.14. The maximum Gasteiger partial charge on any atom is 0.251 e. The average molecular weight is 506 g/mol. The number of benzene rings is 3. The molecule has 0 radical (unpaired) electrons. The van der Waals surface area contributed by atoms with E-state index in [-0.39, 0.29) is 5.91 Å². The number of fused-ring (bicyclic) bond motifs is 1. The predicted octanol–water partition coefficient (Wildman–Crippen LogP) is 5.86. The zero-order valence-corrected chi connectivity index (χ0v) is 20.6. The number of hydrogen-bond acceptors (Lipinski definition) is 3. The van der Waals surface area contributed by atoms with E-state index < -0.39 is 0 Å². The molecule has 1 amide bonds. The molecule has 6 heteroatoms. The lowest BCUT2D eigenvalue weighted by Gasteiger charge is -2.12. The Bertz CT molecular complexity index is 1230. The van der Waals surface area contributed by atoms with Crippen molar-refractivity contribution in [1.29, 1.82) is 0 Å². The van der Waals surface area contributed by atoms with Crippen LogP contribution in [0.3, 0.4) is 0 Å². The van der Waals surface area contributed by atoms with Crippen molar-refractivity contribution in [3.05, 3.63) is 93.7 Å². The summed E-state index contributed by atoms with van der Waals surface area (Å²) < 4.78 is 9.19. The molecule has 5 nitrogen and oxygen atoms in total. The van der Waals surface area contributed by atoms with Gasteiger partial charge in [-0.05, 0) is 79.9 Å². The number of ether oxygens (including phenoxy) is 1. The first kappa shape index (κ1) is 23.1. The van der Waals surface area contributed by atoms with Gasteiger partial charge < -0.3 is 14.6 Å². The molecule has 4 aromatic rings. The molecule has 1 aromatic heterocycles. The molecule has 0 aliphatic rings. The normalized spacial score (nSPS) is 11.0. The minimum atomic E-state index is -0.0768. The van der Waals surface area contributed by atoms with E-state index in [1.807, 2.05) is 42.5 Å². The number of nitrogens with one attached hydrogen (secondary N) is 1. The summed E-state index contributed by atoms with van der Waals surface area (Å²) in [7, 11) is 0. The van der Waals surface area contributed by atoms with E-state index in [9.17, 15) is 4.79 Å². The molecule has 0 unspecified atom stereocenters. The van der Waals surface area contributed by atoms with Crippen LogP contribution in [0.15, 0.2) is 71.2 Å². The Hall–Kier alpha value is -3.12. The molecule has 0 saturated heterocycles. The van der Waals surface area contributed by atoms with Crippen LogP contribution in [0.5, 0.6) is 5.75 Å². The highest BCUT2D eigenvalue weighted by molar-refractivity contribution is 9.10. The smallest absolute Gasteiger partial charge is 0.251 e. The van der Waals surface area contributed by atoms with Gasteiger partial charge in [-0.2, -0.15) is 0 Å². The maximum absolute atomic E-state index is 12.4. The number of rotatable bonds is 9. The van der Waals surface area contributed by atoms with Crippen LogP contribution in [-0.2, 0) is 13.0 Å². The Morgan fingerprint density at radius 2 is 1.76 bits per heavy atom. The summed E-state index contributed by atoms with van der Waals surface area (Å²) in [6, 6.07) is 21.8. The molecule has 0 saturated carbocycles. The summed E-state index contributed by atoms with van der Waals surface area (Å²) in [6.45, 7) is 6.13. The fraction of sp³-hybridized carbons (Fsp3) is 0.259. The second kappa shape index (κ2) is 10.7. The molecule has 0 fully saturated rings. The largest absolute Gasteiger partial charge is 0.494 e. The molecule has 3 aromatic carbocycles. The Balaban J connectivity index is 1.37. The van der Waals surface area contributed by atoms with Crippen molar-refractivity contribution in [2.75, 3.05) is 13.2 Å². The van der Waals surface area contributed by atoms with Gasteiger partial charge in [0.15, 0.2) is 0 Å². The minimum Gasteiger partial charge on any atom is -0.494 e. The number of halogens is 1. The first-order valence-electron chi connectivity index (χ1n) is 11.2.